The lowest BCUT2D eigenvalue weighted by molar-refractivity contribution is 0.414. The highest BCUT2D eigenvalue weighted by atomic mass is 32.2. The number of ether oxygens (including phenoxy) is 1. The van der Waals surface area contributed by atoms with Gasteiger partial charge in [-0.2, -0.15) is 0 Å². The van der Waals surface area contributed by atoms with Gasteiger partial charge in [0.05, 0.1) is 12.6 Å². The minimum atomic E-state index is 0.0120. The van der Waals surface area contributed by atoms with E-state index in [0.29, 0.717) is 18.2 Å². The summed E-state index contributed by atoms with van der Waals surface area (Å²) in [5.41, 5.74) is 2.03. The van der Waals surface area contributed by atoms with Crippen LogP contribution in [0.15, 0.2) is 45.7 Å². The zero-order chi connectivity index (χ0) is 19.0. The molecule has 0 amide bonds. The summed E-state index contributed by atoms with van der Waals surface area (Å²) in [6.07, 6.45) is 0. The predicted octanol–water partition coefficient (Wildman–Crippen LogP) is 4.06. The molecule has 0 spiro atoms. The summed E-state index contributed by atoms with van der Waals surface area (Å²) >= 11 is 3.07. The van der Waals surface area contributed by atoms with Crippen LogP contribution in [0.2, 0.25) is 0 Å². The monoisotopic (exact) mass is 400 g/mol. The molecule has 0 saturated carbocycles. The number of benzene rings is 1. The van der Waals surface area contributed by atoms with Crippen molar-refractivity contribution in [2.24, 2.45) is 5.92 Å². The number of thiophene rings is 1. The van der Waals surface area contributed by atoms with Gasteiger partial charge in [-0.3, -0.25) is 13.8 Å². The first kappa shape index (κ1) is 18.1. The van der Waals surface area contributed by atoms with E-state index in [0.717, 1.165) is 32.4 Å². The Labute approximate surface area is 164 Å². The van der Waals surface area contributed by atoms with E-state index in [4.69, 9.17) is 4.74 Å². The predicted molar refractivity (Wildman–Crippen MR) is 110 cm³/mol. The van der Waals surface area contributed by atoms with Crippen molar-refractivity contribution in [2.45, 2.75) is 31.3 Å². The highest BCUT2D eigenvalue weighted by molar-refractivity contribution is 7.98. The van der Waals surface area contributed by atoms with Gasteiger partial charge in [0.15, 0.2) is 5.16 Å². The Kier molecular flexibility index (Phi) is 4.92. The van der Waals surface area contributed by atoms with Gasteiger partial charge < -0.3 is 4.74 Å². The molecule has 0 N–H and O–H groups in total. The maximum atomic E-state index is 12.9. The molecule has 3 aromatic heterocycles. The van der Waals surface area contributed by atoms with E-state index in [1.165, 1.54) is 11.3 Å². The highest BCUT2D eigenvalue weighted by Gasteiger charge is 2.18. The van der Waals surface area contributed by atoms with Crippen molar-refractivity contribution in [2.75, 3.05) is 7.11 Å². The normalized spacial score (nSPS) is 11.7. The third-order valence-corrected chi connectivity index (χ3v) is 6.12. The molecule has 140 valence electrons. The van der Waals surface area contributed by atoms with Gasteiger partial charge in [0.2, 0.25) is 5.78 Å². The fraction of sp³-hybridized carbons (Fsp3) is 0.316. The first-order valence-corrected chi connectivity index (χ1v) is 10.6. The summed E-state index contributed by atoms with van der Waals surface area (Å²) in [5, 5.41) is 11.5. The standard InChI is InChI=1S/C19H20N4O2S2/c1-12(2)10-22-17(24)16-15(7-8-26-16)23-18(22)20-21-19(23)27-11-13-5-4-6-14(9-13)25-3/h4-9,12H,10-11H2,1-3H3. The Morgan fingerprint density at radius 1 is 1.26 bits per heavy atom. The van der Waals surface area contributed by atoms with Crippen molar-refractivity contribution >= 4 is 39.1 Å². The van der Waals surface area contributed by atoms with Crippen LogP contribution in [0.3, 0.4) is 0 Å². The molecule has 0 fully saturated rings. The van der Waals surface area contributed by atoms with Gasteiger partial charge in [0, 0.05) is 12.3 Å². The molecule has 0 aliphatic rings. The average molecular weight is 401 g/mol. The Morgan fingerprint density at radius 2 is 2.11 bits per heavy atom. The van der Waals surface area contributed by atoms with E-state index in [9.17, 15) is 4.79 Å². The van der Waals surface area contributed by atoms with Crippen LogP contribution in [0.4, 0.5) is 0 Å². The molecule has 4 rings (SSSR count). The van der Waals surface area contributed by atoms with Crippen molar-refractivity contribution in [3.63, 3.8) is 0 Å². The maximum absolute atomic E-state index is 12.9. The average Bonchev–Trinajstić information content (AvgIpc) is 3.30. The van der Waals surface area contributed by atoms with Gasteiger partial charge in [0.1, 0.15) is 10.4 Å². The van der Waals surface area contributed by atoms with E-state index in [1.807, 2.05) is 34.0 Å². The Bertz CT molecular complexity index is 1160. The number of thioether (sulfide) groups is 1. The summed E-state index contributed by atoms with van der Waals surface area (Å²) in [7, 11) is 1.67. The molecule has 0 bridgehead atoms. The van der Waals surface area contributed by atoms with E-state index >= 15 is 0 Å². The van der Waals surface area contributed by atoms with Crippen LogP contribution in [-0.2, 0) is 12.3 Å². The SMILES string of the molecule is COc1cccc(CSc2nnc3n(CC(C)C)c(=O)c4sccc4n23)c1. The molecule has 3 heterocycles. The second-order valence-electron chi connectivity index (χ2n) is 6.70. The Morgan fingerprint density at radius 3 is 2.89 bits per heavy atom. The van der Waals surface area contributed by atoms with Crippen molar-refractivity contribution in [3.05, 3.63) is 51.6 Å². The molecular formula is C19H20N4O2S2. The van der Waals surface area contributed by atoms with Gasteiger partial charge >= 0.3 is 0 Å². The molecule has 0 unspecified atom stereocenters. The van der Waals surface area contributed by atoms with Crippen molar-refractivity contribution < 1.29 is 4.74 Å². The Balaban J connectivity index is 1.78. The summed E-state index contributed by atoms with van der Waals surface area (Å²) in [4.78, 5) is 12.9. The lowest BCUT2D eigenvalue weighted by Gasteiger charge is -2.11. The molecule has 0 saturated heterocycles. The topological polar surface area (TPSA) is 61.4 Å². The van der Waals surface area contributed by atoms with Crippen molar-refractivity contribution in [3.8, 4) is 5.75 Å². The minimum absolute atomic E-state index is 0.0120. The van der Waals surface area contributed by atoms with Crippen molar-refractivity contribution in [1.29, 1.82) is 0 Å². The van der Waals surface area contributed by atoms with Gasteiger partial charge in [-0.25, -0.2) is 0 Å². The zero-order valence-electron chi connectivity index (χ0n) is 15.4. The van der Waals surface area contributed by atoms with Gasteiger partial charge in [-0.05, 0) is 35.1 Å². The van der Waals surface area contributed by atoms with Gasteiger partial charge in [0.25, 0.3) is 5.56 Å². The lowest BCUT2D eigenvalue weighted by atomic mass is 10.2. The number of hydrogen-bond acceptors (Lipinski definition) is 6. The van der Waals surface area contributed by atoms with Crippen LogP contribution >= 0.6 is 23.1 Å². The van der Waals surface area contributed by atoms with E-state index in [2.05, 4.69) is 30.1 Å². The number of nitrogens with zero attached hydrogens (tertiary/aromatic N) is 4. The molecular weight excluding hydrogens is 380 g/mol. The van der Waals surface area contributed by atoms with E-state index in [1.54, 1.807) is 23.4 Å². The van der Waals surface area contributed by atoms with Gasteiger partial charge in [-0.1, -0.05) is 37.7 Å². The highest BCUT2D eigenvalue weighted by Crippen LogP contribution is 2.27. The largest absolute Gasteiger partial charge is 0.497 e. The molecule has 1 aromatic carbocycles. The fourth-order valence-corrected chi connectivity index (χ4v) is 4.74. The molecule has 0 aliphatic carbocycles. The molecule has 4 aromatic rings. The minimum Gasteiger partial charge on any atom is -0.497 e. The number of aromatic nitrogens is 4. The zero-order valence-corrected chi connectivity index (χ0v) is 17.0. The van der Waals surface area contributed by atoms with Crippen LogP contribution in [0.1, 0.15) is 19.4 Å². The molecule has 0 aliphatic heterocycles. The summed E-state index contributed by atoms with van der Waals surface area (Å²) in [5.74, 6) is 2.53. The van der Waals surface area contributed by atoms with E-state index in [-0.39, 0.29) is 5.56 Å². The van der Waals surface area contributed by atoms with Crippen LogP contribution in [0.25, 0.3) is 16.0 Å². The molecule has 0 atom stereocenters. The molecule has 6 nitrogen and oxygen atoms in total. The number of fused-ring (bicyclic) bond motifs is 3. The van der Waals surface area contributed by atoms with Crippen LogP contribution in [0.5, 0.6) is 5.75 Å². The number of hydrogen-bond donors (Lipinski definition) is 0. The van der Waals surface area contributed by atoms with Crippen molar-refractivity contribution in [1.82, 2.24) is 19.2 Å². The van der Waals surface area contributed by atoms with Gasteiger partial charge in [-0.15, -0.1) is 21.5 Å². The van der Waals surface area contributed by atoms with Crippen LogP contribution in [0, 0.1) is 5.92 Å². The number of methoxy groups -OCH3 is 1. The molecule has 8 heteroatoms. The number of rotatable bonds is 6. The third kappa shape index (κ3) is 3.35. The molecule has 27 heavy (non-hydrogen) atoms. The summed E-state index contributed by atoms with van der Waals surface area (Å²) in [6, 6.07) is 9.96. The summed E-state index contributed by atoms with van der Waals surface area (Å²) in [6.45, 7) is 4.81. The molecule has 0 radical (unpaired) electrons. The van der Waals surface area contributed by atoms with E-state index < -0.39 is 0 Å². The quantitative estimate of drug-likeness (QED) is 0.457. The second kappa shape index (κ2) is 7.36. The smallest absolute Gasteiger partial charge is 0.272 e. The fourth-order valence-electron chi connectivity index (χ4n) is 3.03. The summed E-state index contributed by atoms with van der Waals surface area (Å²) < 4.78 is 9.78. The second-order valence-corrected chi connectivity index (χ2v) is 8.56. The van der Waals surface area contributed by atoms with Crippen LogP contribution in [-0.4, -0.2) is 26.3 Å². The lowest BCUT2D eigenvalue weighted by Crippen LogP contribution is -2.24. The maximum Gasteiger partial charge on any atom is 0.272 e. The first-order chi connectivity index (χ1) is 13.1. The first-order valence-electron chi connectivity index (χ1n) is 8.69. The van der Waals surface area contributed by atoms with Crippen LogP contribution < -0.4 is 10.3 Å². The Hall–Kier alpha value is -2.32. The third-order valence-electron chi connectivity index (χ3n) is 4.23.